The van der Waals surface area contributed by atoms with E-state index in [2.05, 4.69) is 40.6 Å². The molecule has 22 heavy (non-hydrogen) atoms. The molecule has 124 valence electrons. The van der Waals surface area contributed by atoms with E-state index < -0.39 is 0 Å². The summed E-state index contributed by atoms with van der Waals surface area (Å²) in [6.07, 6.45) is 7.32. The van der Waals surface area contributed by atoms with Crippen molar-refractivity contribution in [3.8, 4) is 0 Å². The van der Waals surface area contributed by atoms with Crippen LogP contribution in [-0.2, 0) is 6.54 Å². The van der Waals surface area contributed by atoms with Crippen molar-refractivity contribution in [2.24, 2.45) is 5.84 Å². The fourth-order valence-electron chi connectivity index (χ4n) is 2.28. The molecule has 6 heteroatoms. The average Bonchev–Trinajstić information content (AvgIpc) is 2.56. The van der Waals surface area contributed by atoms with Gasteiger partial charge in [-0.25, -0.2) is 15.6 Å². The van der Waals surface area contributed by atoms with E-state index in [0.29, 0.717) is 6.54 Å². The highest BCUT2D eigenvalue weighted by atomic mass is 79.9. The summed E-state index contributed by atoms with van der Waals surface area (Å²) in [6, 6.07) is 9.71. The summed E-state index contributed by atoms with van der Waals surface area (Å²) in [7, 11) is 0. The molecular formula is C16H27BrN4O. The third-order valence-electron chi connectivity index (χ3n) is 3.52. The molecule has 0 aliphatic heterocycles. The Morgan fingerprint density at radius 1 is 1.14 bits per heavy atom. The van der Waals surface area contributed by atoms with Crippen LogP contribution in [0.3, 0.4) is 0 Å². The van der Waals surface area contributed by atoms with E-state index in [-0.39, 0.29) is 6.03 Å². The summed E-state index contributed by atoms with van der Waals surface area (Å²) in [4.78, 5) is 11.7. The Kier molecular flexibility index (Phi) is 9.86. The molecule has 0 aliphatic rings. The number of carbonyl (C=O) groups is 1. The first kappa shape index (κ1) is 18.9. The summed E-state index contributed by atoms with van der Waals surface area (Å²) < 4.78 is 1.38. The first-order chi connectivity index (χ1) is 10.7. The van der Waals surface area contributed by atoms with Crippen molar-refractivity contribution in [3.05, 3.63) is 35.9 Å². The number of urea groups is 1. The molecule has 2 amide bonds. The van der Waals surface area contributed by atoms with Crippen LogP contribution < -0.4 is 11.3 Å². The average molecular weight is 371 g/mol. The summed E-state index contributed by atoms with van der Waals surface area (Å²) in [5.74, 6) is 5.22. The molecule has 1 aromatic carbocycles. The van der Waals surface area contributed by atoms with Gasteiger partial charge < -0.3 is 0 Å². The van der Waals surface area contributed by atoms with Gasteiger partial charge in [-0.2, -0.15) is 4.03 Å². The normalized spacial score (nSPS) is 10.7. The predicted octanol–water partition coefficient (Wildman–Crippen LogP) is 3.96. The van der Waals surface area contributed by atoms with Crippen LogP contribution in [0, 0.1) is 0 Å². The highest BCUT2D eigenvalue weighted by Gasteiger charge is 2.18. The largest absolute Gasteiger partial charge is 0.356 e. The number of benzene rings is 1. The second-order valence-corrected chi connectivity index (χ2v) is 6.02. The van der Waals surface area contributed by atoms with Gasteiger partial charge in [0.05, 0.1) is 16.1 Å². The number of hydrazine groups is 2. The maximum atomic E-state index is 11.7. The molecule has 3 N–H and O–H groups in total. The van der Waals surface area contributed by atoms with Gasteiger partial charge in [0.15, 0.2) is 0 Å². The molecule has 0 heterocycles. The van der Waals surface area contributed by atoms with Crippen molar-refractivity contribution in [2.45, 2.75) is 52.0 Å². The summed E-state index contributed by atoms with van der Waals surface area (Å²) in [5.41, 5.74) is 3.30. The van der Waals surface area contributed by atoms with E-state index in [4.69, 9.17) is 5.84 Å². The second-order valence-electron chi connectivity index (χ2n) is 5.35. The minimum absolute atomic E-state index is 0.373. The molecule has 0 aliphatic carbocycles. The zero-order valence-electron chi connectivity index (χ0n) is 13.3. The van der Waals surface area contributed by atoms with Crippen molar-refractivity contribution >= 4 is 22.2 Å². The van der Waals surface area contributed by atoms with Gasteiger partial charge in [-0.05, 0) is 12.0 Å². The molecule has 0 fully saturated rings. The predicted molar refractivity (Wildman–Crippen MR) is 93.7 cm³/mol. The lowest BCUT2D eigenvalue weighted by atomic mass is 10.1. The van der Waals surface area contributed by atoms with Gasteiger partial charge in [-0.1, -0.05) is 69.4 Å². The quantitative estimate of drug-likeness (QED) is 0.215. The van der Waals surface area contributed by atoms with Crippen LogP contribution in [0.1, 0.15) is 51.0 Å². The number of hydrogen-bond donors (Lipinski definition) is 2. The van der Waals surface area contributed by atoms with Gasteiger partial charge in [-0.15, -0.1) is 0 Å². The van der Waals surface area contributed by atoms with Crippen LogP contribution in [-0.4, -0.2) is 21.6 Å². The third kappa shape index (κ3) is 7.24. The Labute approximate surface area is 142 Å². The van der Waals surface area contributed by atoms with E-state index in [1.807, 2.05) is 23.2 Å². The lowest BCUT2D eigenvalue weighted by Gasteiger charge is -2.29. The number of carbonyl (C=O) groups excluding carboxylic acids is 1. The minimum Gasteiger partial charge on any atom is -0.274 e. The van der Waals surface area contributed by atoms with Gasteiger partial charge in [0.25, 0.3) is 0 Å². The van der Waals surface area contributed by atoms with Gasteiger partial charge in [-0.3, -0.25) is 5.43 Å². The zero-order chi connectivity index (χ0) is 16.2. The number of hydrogen-bond acceptors (Lipinski definition) is 3. The molecule has 0 aromatic heterocycles. The van der Waals surface area contributed by atoms with Gasteiger partial charge in [0.1, 0.15) is 0 Å². The van der Waals surface area contributed by atoms with E-state index in [9.17, 15) is 4.79 Å². The number of unbranched alkanes of at least 4 members (excludes halogenated alkanes) is 5. The number of halogens is 1. The number of nitrogens with one attached hydrogen (secondary N) is 1. The summed E-state index contributed by atoms with van der Waals surface area (Å²) in [6.45, 7) is 3.68. The third-order valence-corrected chi connectivity index (χ3v) is 4.29. The molecule has 0 bridgehead atoms. The van der Waals surface area contributed by atoms with Crippen molar-refractivity contribution in [1.82, 2.24) is 14.5 Å². The number of nitrogens with two attached hydrogens (primary N) is 1. The summed E-state index contributed by atoms with van der Waals surface area (Å²) in [5, 5.41) is 1.96. The van der Waals surface area contributed by atoms with Crippen LogP contribution in [0.4, 0.5) is 4.79 Å². The maximum Gasteiger partial charge on any atom is 0.356 e. The Morgan fingerprint density at radius 2 is 1.77 bits per heavy atom. The highest BCUT2D eigenvalue weighted by Crippen LogP contribution is 2.14. The molecule has 0 atom stereocenters. The second kappa shape index (κ2) is 11.5. The van der Waals surface area contributed by atoms with Crippen LogP contribution in [0.5, 0.6) is 0 Å². The van der Waals surface area contributed by atoms with E-state index in [0.717, 1.165) is 18.5 Å². The molecule has 0 radical (unpaired) electrons. The van der Waals surface area contributed by atoms with Gasteiger partial charge in [0, 0.05) is 13.1 Å². The Morgan fingerprint density at radius 3 is 2.41 bits per heavy atom. The fraction of sp³-hybridized carbons (Fsp3) is 0.562. The Bertz CT molecular complexity index is 416. The minimum atomic E-state index is -0.373. The summed E-state index contributed by atoms with van der Waals surface area (Å²) >= 11 is 3.29. The Hall–Kier alpha value is -1.11. The molecule has 1 aromatic rings. The smallest absolute Gasteiger partial charge is 0.274 e. The lowest BCUT2D eigenvalue weighted by molar-refractivity contribution is 0.0906. The topological polar surface area (TPSA) is 61.6 Å². The van der Waals surface area contributed by atoms with Crippen molar-refractivity contribution < 1.29 is 4.79 Å². The SMILES string of the molecule is CCCCCCCCN(Cc1ccccc1)N(Br)C(=O)NN. The molecule has 0 spiro atoms. The Balaban J connectivity index is 2.49. The van der Waals surface area contributed by atoms with E-state index >= 15 is 0 Å². The van der Waals surface area contributed by atoms with Crippen LogP contribution in [0.2, 0.25) is 0 Å². The van der Waals surface area contributed by atoms with Crippen molar-refractivity contribution in [3.63, 3.8) is 0 Å². The molecular weight excluding hydrogens is 344 g/mol. The van der Waals surface area contributed by atoms with Gasteiger partial charge >= 0.3 is 6.03 Å². The standard InChI is InChI=1S/C16H27BrN4O/c1-2-3-4-5-6-10-13-20(21(17)16(22)19-18)14-15-11-8-7-9-12-15/h7-9,11-12H,2-6,10,13-14,18H2,1H3,(H,19,22). The first-order valence-corrected chi connectivity index (χ1v) is 8.65. The van der Waals surface area contributed by atoms with E-state index in [1.165, 1.54) is 36.1 Å². The number of amides is 2. The monoisotopic (exact) mass is 370 g/mol. The van der Waals surface area contributed by atoms with Crippen molar-refractivity contribution in [1.29, 1.82) is 0 Å². The molecule has 0 saturated heterocycles. The number of rotatable bonds is 10. The first-order valence-electron chi connectivity index (χ1n) is 7.94. The molecule has 1 rings (SSSR count). The van der Waals surface area contributed by atoms with Crippen LogP contribution >= 0.6 is 16.1 Å². The van der Waals surface area contributed by atoms with Crippen LogP contribution in [0.15, 0.2) is 30.3 Å². The van der Waals surface area contributed by atoms with Crippen molar-refractivity contribution in [2.75, 3.05) is 6.54 Å². The van der Waals surface area contributed by atoms with E-state index in [1.54, 1.807) is 0 Å². The molecule has 0 unspecified atom stereocenters. The maximum absolute atomic E-state index is 11.7. The molecule has 0 saturated carbocycles. The lowest BCUT2D eigenvalue weighted by Crippen LogP contribution is -2.47. The molecule has 5 nitrogen and oxygen atoms in total. The van der Waals surface area contributed by atoms with Gasteiger partial charge in [0.2, 0.25) is 0 Å². The highest BCUT2D eigenvalue weighted by molar-refractivity contribution is 9.07. The number of nitrogens with zero attached hydrogens (tertiary/aromatic N) is 2. The fourth-order valence-corrected chi connectivity index (χ4v) is 2.65. The zero-order valence-corrected chi connectivity index (χ0v) is 14.9. The van der Waals surface area contributed by atoms with Crippen LogP contribution in [0.25, 0.3) is 0 Å².